The van der Waals surface area contributed by atoms with Gasteiger partial charge in [-0.05, 0) is 43.4 Å². The van der Waals surface area contributed by atoms with E-state index in [1.54, 1.807) is 6.92 Å². The van der Waals surface area contributed by atoms with E-state index in [0.717, 1.165) is 23.7 Å². The van der Waals surface area contributed by atoms with Crippen molar-refractivity contribution in [2.75, 3.05) is 0 Å². The summed E-state index contributed by atoms with van der Waals surface area (Å²) in [6.07, 6.45) is 2.78. The minimum Gasteiger partial charge on any atom is -0.300 e. The molecule has 0 amide bonds. The molecule has 0 saturated heterocycles. The summed E-state index contributed by atoms with van der Waals surface area (Å²) in [5, 5.41) is 0. The summed E-state index contributed by atoms with van der Waals surface area (Å²) in [6.45, 7) is 1.78. The van der Waals surface area contributed by atoms with Crippen LogP contribution < -0.4 is 0 Å². The van der Waals surface area contributed by atoms with Crippen LogP contribution in [0.25, 0.3) is 0 Å². The van der Waals surface area contributed by atoms with Gasteiger partial charge in [-0.3, -0.25) is 4.79 Å². The maximum atomic E-state index is 11.1. The number of Topliss-reactive ketones (excluding diaryl/α,β-unsaturated/α-hetero) is 1. The van der Waals surface area contributed by atoms with Crippen molar-refractivity contribution in [2.24, 2.45) is 29.6 Å². The lowest BCUT2D eigenvalue weighted by molar-refractivity contribution is -0.121. The molecule has 4 saturated carbocycles. The molecule has 10 heavy (non-hydrogen) atoms. The first kappa shape index (κ1) is 5.34. The van der Waals surface area contributed by atoms with Gasteiger partial charge in [-0.2, -0.15) is 0 Å². The molecule has 4 rings (SSSR count). The van der Waals surface area contributed by atoms with Crippen molar-refractivity contribution in [3.63, 3.8) is 0 Å². The number of ketones is 1. The Kier molecular flexibility index (Phi) is 0.704. The van der Waals surface area contributed by atoms with Crippen LogP contribution in [0.3, 0.4) is 0 Å². The minimum atomic E-state index is 0.470. The molecule has 0 N–H and O–H groups in total. The predicted molar refractivity (Wildman–Crippen MR) is 37.4 cm³/mol. The zero-order valence-electron chi connectivity index (χ0n) is 6.21. The summed E-state index contributed by atoms with van der Waals surface area (Å²) >= 11 is 0. The van der Waals surface area contributed by atoms with E-state index in [1.165, 1.54) is 12.8 Å². The zero-order chi connectivity index (χ0) is 6.88. The molecule has 4 bridgehead atoms. The highest BCUT2D eigenvalue weighted by atomic mass is 16.1. The second-order valence-corrected chi connectivity index (χ2v) is 4.27. The first-order chi connectivity index (χ1) is 4.79. The van der Waals surface area contributed by atoms with Gasteiger partial charge >= 0.3 is 0 Å². The van der Waals surface area contributed by atoms with Gasteiger partial charge in [-0.15, -0.1) is 0 Å². The largest absolute Gasteiger partial charge is 0.300 e. The van der Waals surface area contributed by atoms with Crippen LogP contribution in [-0.2, 0) is 4.79 Å². The highest BCUT2D eigenvalue weighted by Crippen LogP contribution is 2.73. The lowest BCUT2D eigenvalue weighted by Gasteiger charge is -2.08. The van der Waals surface area contributed by atoms with E-state index in [9.17, 15) is 4.79 Å². The van der Waals surface area contributed by atoms with E-state index in [2.05, 4.69) is 0 Å². The predicted octanol–water partition coefficient (Wildman–Crippen LogP) is 1.48. The molecule has 0 aromatic rings. The van der Waals surface area contributed by atoms with Gasteiger partial charge in [0.15, 0.2) is 0 Å². The van der Waals surface area contributed by atoms with Crippen molar-refractivity contribution in [1.82, 2.24) is 0 Å². The standard InChI is InChI=1S/C9H12O/c1-4(10)8-5-2-6-7(3-5)9(6)8/h5-9H,2-3H2,1H3. The third-order valence-electron chi connectivity index (χ3n) is 3.94. The Labute approximate surface area is 60.8 Å². The molecule has 0 heterocycles. The Bertz CT molecular complexity index is 195. The fourth-order valence-electron chi connectivity index (χ4n) is 3.68. The molecule has 0 radical (unpaired) electrons. The molecular formula is C9H12O. The van der Waals surface area contributed by atoms with Gasteiger partial charge in [0, 0.05) is 5.92 Å². The van der Waals surface area contributed by atoms with E-state index in [-0.39, 0.29) is 0 Å². The third-order valence-corrected chi connectivity index (χ3v) is 3.94. The summed E-state index contributed by atoms with van der Waals surface area (Å²) in [6, 6.07) is 0. The van der Waals surface area contributed by atoms with Gasteiger partial charge in [0.05, 0.1) is 0 Å². The molecule has 4 aliphatic carbocycles. The van der Waals surface area contributed by atoms with Gasteiger partial charge in [0.1, 0.15) is 5.78 Å². The number of rotatable bonds is 1. The summed E-state index contributed by atoms with van der Waals surface area (Å²) in [4.78, 5) is 11.1. The van der Waals surface area contributed by atoms with Gasteiger partial charge in [0.2, 0.25) is 0 Å². The number of carbonyl (C=O) groups excluding carboxylic acids is 1. The SMILES string of the molecule is CC(=O)C1C2CC3C(C2)C31. The molecule has 4 fully saturated rings. The second kappa shape index (κ2) is 1.32. The van der Waals surface area contributed by atoms with E-state index in [0.29, 0.717) is 11.7 Å². The summed E-state index contributed by atoms with van der Waals surface area (Å²) in [5.74, 6) is 4.66. The lowest BCUT2D eigenvalue weighted by atomic mass is 9.95. The van der Waals surface area contributed by atoms with E-state index in [1.807, 2.05) is 0 Å². The molecule has 54 valence electrons. The van der Waals surface area contributed by atoms with Crippen LogP contribution in [0.2, 0.25) is 0 Å². The van der Waals surface area contributed by atoms with Crippen molar-refractivity contribution in [2.45, 2.75) is 19.8 Å². The molecule has 1 heteroatoms. The van der Waals surface area contributed by atoms with Gasteiger partial charge < -0.3 is 0 Å². The number of carbonyl (C=O) groups is 1. The molecule has 4 aliphatic rings. The molecule has 0 spiro atoms. The molecule has 1 nitrogen and oxygen atoms in total. The van der Waals surface area contributed by atoms with E-state index < -0.39 is 0 Å². The zero-order valence-corrected chi connectivity index (χ0v) is 6.21. The van der Waals surface area contributed by atoms with Crippen molar-refractivity contribution in [3.8, 4) is 0 Å². The van der Waals surface area contributed by atoms with Crippen LogP contribution in [0, 0.1) is 29.6 Å². The van der Waals surface area contributed by atoms with Crippen LogP contribution in [-0.4, -0.2) is 5.78 Å². The summed E-state index contributed by atoms with van der Waals surface area (Å²) < 4.78 is 0. The van der Waals surface area contributed by atoms with Crippen LogP contribution >= 0.6 is 0 Å². The van der Waals surface area contributed by atoms with Crippen LogP contribution in [0.4, 0.5) is 0 Å². The maximum Gasteiger partial charge on any atom is 0.133 e. The second-order valence-electron chi connectivity index (χ2n) is 4.27. The Morgan fingerprint density at radius 3 is 2.10 bits per heavy atom. The van der Waals surface area contributed by atoms with Crippen molar-refractivity contribution in [3.05, 3.63) is 0 Å². The first-order valence-corrected chi connectivity index (χ1v) is 4.29. The summed E-state index contributed by atoms with van der Waals surface area (Å²) in [7, 11) is 0. The number of hydrogen-bond acceptors (Lipinski definition) is 1. The first-order valence-electron chi connectivity index (χ1n) is 4.29. The Hall–Kier alpha value is -0.330. The molecule has 3 atom stereocenters. The van der Waals surface area contributed by atoms with Gasteiger partial charge in [-0.1, -0.05) is 0 Å². The molecular weight excluding hydrogens is 124 g/mol. The molecule has 0 aromatic heterocycles. The van der Waals surface area contributed by atoms with Gasteiger partial charge in [0.25, 0.3) is 0 Å². The monoisotopic (exact) mass is 136 g/mol. The lowest BCUT2D eigenvalue weighted by Crippen LogP contribution is -2.14. The van der Waals surface area contributed by atoms with Crippen molar-refractivity contribution >= 4 is 5.78 Å². The van der Waals surface area contributed by atoms with Crippen molar-refractivity contribution < 1.29 is 4.79 Å². The quantitative estimate of drug-likeness (QED) is 0.533. The minimum absolute atomic E-state index is 0.470. The molecule has 3 unspecified atom stereocenters. The smallest absolute Gasteiger partial charge is 0.133 e. The Balaban J connectivity index is 1.97. The van der Waals surface area contributed by atoms with Gasteiger partial charge in [-0.25, -0.2) is 0 Å². The fourth-order valence-corrected chi connectivity index (χ4v) is 3.68. The van der Waals surface area contributed by atoms with E-state index >= 15 is 0 Å². The fraction of sp³-hybridized carbons (Fsp3) is 0.889. The molecule has 0 aromatic carbocycles. The highest BCUT2D eigenvalue weighted by Gasteiger charge is 2.69. The third kappa shape index (κ3) is 0.388. The highest BCUT2D eigenvalue weighted by molar-refractivity contribution is 5.80. The van der Waals surface area contributed by atoms with Crippen LogP contribution in [0.5, 0.6) is 0 Å². The molecule has 0 aliphatic heterocycles. The maximum absolute atomic E-state index is 11.1. The Morgan fingerprint density at radius 2 is 1.90 bits per heavy atom. The number of hydrogen-bond donors (Lipinski definition) is 0. The van der Waals surface area contributed by atoms with Crippen LogP contribution in [0.15, 0.2) is 0 Å². The average Bonchev–Trinajstić information content (AvgIpc) is 2.38. The van der Waals surface area contributed by atoms with E-state index in [4.69, 9.17) is 0 Å². The topological polar surface area (TPSA) is 17.1 Å². The summed E-state index contributed by atoms with van der Waals surface area (Å²) in [5.41, 5.74) is 0. The normalized spacial score (nSPS) is 61.1. The van der Waals surface area contributed by atoms with Crippen LogP contribution in [0.1, 0.15) is 19.8 Å². The van der Waals surface area contributed by atoms with Crippen molar-refractivity contribution in [1.29, 1.82) is 0 Å². The average molecular weight is 136 g/mol. The Morgan fingerprint density at radius 1 is 1.30 bits per heavy atom.